The summed E-state index contributed by atoms with van der Waals surface area (Å²) < 4.78 is 31.5. The highest BCUT2D eigenvalue weighted by Gasteiger charge is 2.19. The third-order valence-electron chi connectivity index (χ3n) is 1.94. The molecule has 0 aliphatic rings. The van der Waals surface area contributed by atoms with Crippen LogP contribution in [0, 0.1) is 6.92 Å². The molecule has 0 fully saturated rings. The fourth-order valence-electron chi connectivity index (χ4n) is 1.19. The monoisotopic (exact) mass is 334 g/mol. The van der Waals surface area contributed by atoms with Gasteiger partial charge in [0.1, 0.15) is 5.69 Å². The minimum absolute atomic E-state index is 0.150. The lowest BCUT2D eigenvalue weighted by molar-refractivity contribution is 0.144. The SMILES string of the molecule is Cc1c(C(F)F)nn(C)c1COPI. The molecule has 0 saturated heterocycles. The van der Waals surface area contributed by atoms with Crippen LogP contribution in [-0.4, -0.2) is 9.78 Å². The van der Waals surface area contributed by atoms with Gasteiger partial charge in [0.15, 0.2) is 0 Å². The molecule has 0 amide bonds. The third-order valence-corrected chi connectivity index (χ3v) is 3.12. The summed E-state index contributed by atoms with van der Waals surface area (Å²) in [6.45, 7) is 2.30. The molecule has 1 heterocycles. The van der Waals surface area contributed by atoms with E-state index in [2.05, 4.69) is 27.1 Å². The van der Waals surface area contributed by atoms with E-state index in [4.69, 9.17) is 4.52 Å². The standard InChI is InChI=1S/C7H10F2IN2OP/c1-4-5(3-13-14-10)12(2)11-6(4)7(8)9/h7,14H,3H2,1-2H3. The number of halogens is 3. The second-order valence-corrected chi connectivity index (χ2v) is 4.51. The van der Waals surface area contributed by atoms with Gasteiger partial charge in [0.2, 0.25) is 0 Å². The minimum Gasteiger partial charge on any atom is -0.346 e. The molecule has 14 heavy (non-hydrogen) atoms. The number of rotatable bonds is 4. The summed E-state index contributed by atoms with van der Waals surface area (Å²) >= 11 is 2.09. The van der Waals surface area contributed by atoms with Crippen molar-refractivity contribution in [2.24, 2.45) is 7.05 Å². The van der Waals surface area contributed by atoms with Crippen molar-refractivity contribution < 1.29 is 13.3 Å². The fraction of sp³-hybridized carbons (Fsp3) is 0.571. The van der Waals surface area contributed by atoms with Crippen LogP contribution in [0.25, 0.3) is 0 Å². The van der Waals surface area contributed by atoms with Crippen molar-refractivity contribution in [1.29, 1.82) is 0 Å². The first-order chi connectivity index (χ1) is 6.57. The van der Waals surface area contributed by atoms with E-state index in [1.165, 1.54) is 4.68 Å². The van der Waals surface area contributed by atoms with Crippen LogP contribution in [-0.2, 0) is 18.2 Å². The van der Waals surface area contributed by atoms with Crippen molar-refractivity contribution in [2.75, 3.05) is 0 Å². The Morgan fingerprint density at radius 3 is 2.71 bits per heavy atom. The van der Waals surface area contributed by atoms with Crippen molar-refractivity contribution in [3.63, 3.8) is 0 Å². The van der Waals surface area contributed by atoms with Gasteiger partial charge in [0.25, 0.3) is 6.43 Å². The van der Waals surface area contributed by atoms with Gasteiger partial charge >= 0.3 is 0 Å². The minimum atomic E-state index is -2.52. The third kappa shape index (κ3) is 2.61. The van der Waals surface area contributed by atoms with E-state index >= 15 is 0 Å². The summed E-state index contributed by atoms with van der Waals surface area (Å²) in [7, 11) is 1.65. The first-order valence-corrected chi connectivity index (χ1v) is 7.88. The molecule has 1 aromatic rings. The smallest absolute Gasteiger partial charge is 0.282 e. The number of aryl methyl sites for hydroxylation is 1. The lowest BCUT2D eigenvalue weighted by atomic mass is 10.2. The van der Waals surface area contributed by atoms with Crippen molar-refractivity contribution >= 4 is 28.5 Å². The molecule has 1 rings (SSSR count). The van der Waals surface area contributed by atoms with Gasteiger partial charge in [0, 0.05) is 12.6 Å². The Kier molecular flexibility index (Phi) is 4.66. The van der Waals surface area contributed by atoms with Crippen LogP contribution < -0.4 is 0 Å². The van der Waals surface area contributed by atoms with Crippen LogP contribution in [0.2, 0.25) is 0 Å². The lowest BCUT2D eigenvalue weighted by Gasteiger charge is -2.02. The van der Waals surface area contributed by atoms with Gasteiger partial charge in [-0.2, -0.15) is 5.10 Å². The highest BCUT2D eigenvalue weighted by Crippen LogP contribution is 2.27. The highest BCUT2D eigenvalue weighted by molar-refractivity contribution is 14.2. The average molecular weight is 334 g/mol. The number of nitrogens with zero attached hydrogens (tertiary/aromatic N) is 2. The second-order valence-electron chi connectivity index (χ2n) is 2.75. The molecule has 0 aromatic carbocycles. The Bertz CT molecular complexity index is 319. The van der Waals surface area contributed by atoms with Crippen molar-refractivity contribution in [3.05, 3.63) is 17.0 Å². The summed E-state index contributed by atoms with van der Waals surface area (Å²) in [5, 5.41) is 3.75. The van der Waals surface area contributed by atoms with E-state index in [9.17, 15) is 8.78 Å². The van der Waals surface area contributed by atoms with E-state index in [0.717, 1.165) is 0 Å². The van der Waals surface area contributed by atoms with Gasteiger partial charge in [-0.05, 0) is 29.0 Å². The summed E-state index contributed by atoms with van der Waals surface area (Å²) in [5.74, 6) is 0. The Hall–Kier alpha value is 0.190. The first-order valence-electron chi connectivity index (χ1n) is 3.85. The van der Waals surface area contributed by atoms with Gasteiger partial charge in [-0.25, -0.2) is 8.78 Å². The molecule has 3 nitrogen and oxygen atoms in total. The number of hydrogen-bond donors (Lipinski definition) is 0. The topological polar surface area (TPSA) is 27.1 Å². The van der Waals surface area contributed by atoms with Crippen molar-refractivity contribution in [1.82, 2.24) is 9.78 Å². The molecule has 0 spiro atoms. The molecular weight excluding hydrogens is 324 g/mol. The Balaban J connectivity index is 2.93. The summed E-state index contributed by atoms with van der Waals surface area (Å²) in [6, 6.07) is 0. The zero-order valence-electron chi connectivity index (χ0n) is 7.72. The fourth-order valence-corrected chi connectivity index (χ4v) is 1.85. The predicted octanol–water partition coefficient (Wildman–Crippen LogP) is 3.13. The van der Waals surface area contributed by atoms with Crippen LogP contribution in [0.1, 0.15) is 23.4 Å². The van der Waals surface area contributed by atoms with E-state index in [0.29, 0.717) is 24.3 Å². The van der Waals surface area contributed by atoms with Crippen molar-refractivity contribution in [3.8, 4) is 0 Å². The van der Waals surface area contributed by atoms with Gasteiger partial charge < -0.3 is 4.52 Å². The number of hydrogen-bond acceptors (Lipinski definition) is 2. The first kappa shape index (κ1) is 12.3. The molecule has 7 heteroatoms. The molecule has 1 aromatic heterocycles. The normalized spacial score (nSPS) is 12.1. The molecule has 0 N–H and O–H groups in total. The average Bonchev–Trinajstić information content (AvgIpc) is 2.40. The second kappa shape index (κ2) is 5.32. The summed E-state index contributed by atoms with van der Waals surface area (Å²) in [4.78, 5) is 0. The summed E-state index contributed by atoms with van der Waals surface area (Å²) in [5.41, 5.74) is 1.09. The molecular formula is C7H10F2IN2OP. The van der Waals surface area contributed by atoms with Crippen LogP contribution in [0.15, 0.2) is 0 Å². The molecule has 1 atom stereocenters. The van der Waals surface area contributed by atoms with E-state index in [-0.39, 0.29) is 5.69 Å². The van der Waals surface area contributed by atoms with E-state index < -0.39 is 6.43 Å². The molecule has 0 aliphatic carbocycles. The lowest BCUT2D eigenvalue weighted by Crippen LogP contribution is -1.99. The highest BCUT2D eigenvalue weighted by atomic mass is 127. The maximum absolute atomic E-state index is 12.4. The number of alkyl halides is 2. The maximum atomic E-state index is 12.4. The summed E-state index contributed by atoms with van der Waals surface area (Å²) in [6.07, 6.45) is -2.52. The van der Waals surface area contributed by atoms with Crippen LogP contribution in [0.5, 0.6) is 0 Å². The molecule has 1 unspecified atom stereocenters. The Morgan fingerprint density at radius 2 is 2.29 bits per heavy atom. The zero-order chi connectivity index (χ0) is 10.7. The maximum Gasteiger partial charge on any atom is 0.282 e. The molecule has 0 radical (unpaired) electrons. The quantitative estimate of drug-likeness (QED) is 0.625. The van der Waals surface area contributed by atoms with Gasteiger partial charge in [0.05, 0.1) is 18.8 Å². The Labute approximate surface area is 95.6 Å². The molecule has 0 bridgehead atoms. The van der Waals surface area contributed by atoms with E-state index in [1.54, 1.807) is 14.0 Å². The Morgan fingerprint density at radius 1 is 1.64 bits per heavy atom. The van der Waals surface area contributed by atoms with E-state index in [1.807, 2.05) is 0 Å². The van der Waals surface area contributed by atoms with Gasteiger partial charge in [-0.15, -0.1) is 0 Å². The molecule has 0 saturated carbocycles. The zero-order valence-corrected chi connectivity index (χ0v) is 10.9. The van der Waals surface area contributed by atoms with Crippen LogP contribution in [0.4, 0.5) is 8.78 Å². The largest absolute Gasteiger partial charge is 0.346 e. The van der Waals surface area contributed by atoms with Gasteiger partial charge in [-0.3, -0.25) is 4.68 Å². The predicted molar refractivity (Wildman–Crippen MR) is 60.0 cm³/mol. The van der Waals surface area contributed by atoms with Gasteiger partial charge in [-0.1, -0.05) is 0 Å². The molecule has 0 aliphatic heterocycles. The number of aromatic nitrogens is 2. The van der Waals surface area contributed by atoms with Crippen molar-refractivity contribution in [2.45, 2.75) is 20.0 Å². The van der Waals surface area contributed by atoms with Crippen LogP contribution >= 0.6 is 28.5 Å². The van der Waals surface area contributed by atoms with Crippen LogP contribution in [0.3, 0.4) is 0 Å². The molecule has 80 valence electrons.